The van der Waals surface area contributed by atoms with Crippen LogP contribution in [0.1, 0.15) is 35.8 Å². The first-order valence-corrected chi connectivity index (χ1v) is 6.91. The quantitative estimate of drug-likeness (QED) is 0.854. The van der Waals surface area contributed by atoms with Crippen LogP contribution in [0.3, 0.4) is 0 Å². The second-order valence-corrected chi connectivity index (χ2v) is 4.85. The van der Waals surface area contributed by atoms with E-state index in [0.29, 0.717) is 18.4 Å². The molecule has 2 rings (SSSR count). The van der Waals surface area contributed by atoms with E-state index in [1.165, 1.54) is 22.9 Å². The van der Waals surface area contributed by atoms with Crippen molar-refractivity contribution >= 4 is 17.8 Å². The van der Waals surface area contributed by atoms with Gasteiger partial charge in [0.05, 0.1) is 12.7 Å². The molecule has 0 saturated carbocycles. The molecule has 1 aromatic heterocycles. The number of carbonyl (C=O) groups excluding carboxylic acids is 2. The molecule has 0 aliphatic heterocycles. The highest BCUT2D eigenvalue weighted by atomic mass is 19.1. The third-order valence-corrected chi connectivity index (χ3v) is 3.07. The highest BCUT2D eigenvalue weighted by molar-refractivity contribution is 5.93. The van der Waals surface area contributed by atoms with Gasteiger partial charge in [-0.05, 0) is 24.1 Å². The minimum Gasteiger partial charge on any atom is -0.364 e. The lowest BCUT2D eigenvalue weighted by molar-refractivity contribution is -0.116. The fourth-order valence-electron chi connectivity index (χ4n) is 2.06. The summed E-state index contributed by atoms with van der Waals surface area (Å²) in [7, 11) is 0. The number of anilines is 1. The number of benzene rings is 1. The van der Waals surface area contributed by atoms with Crippen LogP contribution < -0.4 is 11.1 Å². The van der Waals surface area contributed by atoms with Crippen LogP contribution in [0.4, 0.5) is 10.3 Å². The Bertz CT molecular complexity index is 697. The molecule has 6 nitrogen and oxygen atoms in total. The summed E-state index contributed by atoms with van der Waals surface area (Å²) in [6.45, 7) is 2.06. The van der Waals surface area contributed by atoms with Gasteiger partial charge in [0.25, 0.3) is 5.91 Å². The molecule has 1 aromatic carbocycles. The SMILES string of the molecule is CCCC(=O)Nc1ncc(C(N)=O)n1Cc1cccc(F)c1. The Morgan fingerprint density at radius 2 is 2.18 bits per heavy atom. The maximum atomic E-state index is 13.3. The average molecular weight is 304 g/mol. The summed E-state index contributed by atoms with van der Waals surface area (Å²) < 4.78 is 14.7. The molecular weight excluding hydrogens is 287 g/mol. The summed E-state index contributed by atoms with van der Waals surface area (Å²) in [4.78, 5) is 27.2. The normalized spacial score (nSPS) is 10.5. The molecule has 2 aromatic rings. The first-order valence-electron chi connectivity index (χ1n) is 6.91. The molecular formula is C15H17FN4O2. The topological polar surface area (TPSA) is 90.0 Å². The number of nitrogens with two attached hydrogens (primary N) is 1. The van der Waals surface area contributed by atoms with Gasteiger partial charge in [0.15, 0.2) is 0 Å². The van der Waals surface area contributed by atoms with Gasteiger partial charge < -0.3 is 10.3 Å². The Hall–Kier alpha value is -2.70. The lowest BCUT2D eigenvalue weighted by Gasteiger charge is -2.11. The molecule has 0 fully saturated rings. The summed E-state index contributed by atoms with van der Waals surface area (Å²) in [5.74, 6) is -1.03. The van der Waals surface area contributed by atoms with Gasteiger partial charge in [-0.1, -0.05) is 19.1 Å². The number of nitrogens with one attached hydrogen (secondary N) is 1. The van der Waals surface area contributed by atoms with Crippen molar-refractivity contribution in [2.45, 2.75) is 26.3 Å². The standard InChI is InChI=1S/C15H17FN4O2/c1-2-4-13(21)19-15-18-8-12(14(17)22)20(15)9-10-5-3-6-11(16)7-10/h3,5-8H,2,4,9H2,1H3,(H2,17,22)(H,18,19,21). The summed E-state index contributed by atoms with van der Waals surface area (Å²) in [5, 5.41) is 2.63. The summed E-state index contributed by atoms with van der Waals surface area (Å²) in [6, 6.07) is 5.96. The average Bonchev–Trinajstić information content (AvgIpc) is 2.82. The summed E-state index contributed by atoms with van der Waals surface area (Å²) in [5.41, 5.74) is 6.09. The molecule has 0 aliphatic rings. The zero-order chi connectivity index (χ0) is 16.1. The second kappa shape index (κ2) is 6.84. The van der Waals surface area contributed by atoms with E-state index in [1.54, 1.807) is 12.1 Å². The zero-order valence-electron chi connectivity index (χ0n) is 12.2. The van der Waals surface area contributed by atoms with Crippen molar-refractivity contribution in [3.63, 3.8) is 0 Å². The monoisotopic (exact) mass is 304 g/mol. The van der Waals surface area contributed by atoms with Crippen LogP contribution in [-0.2, 0) is 11.3 Å². The molecule has 0 saturated heterocycles. The number of halogens is 1. The van der Waals surface area contributed by atoms with Crippen LogP contribution in [0.25, 0.3) is 0 Å². The van der Waals surface area contributed by atoms with Gasteiger partial charge >= 0.3 is 0 Å². The largest absolute Gasteiger partial charge is 0.364 e. The van der Waals surface area contributed by atoms with Crippen LogP contribution in [-0.4, -0.2) is 21.4 Å². The maximum Gasteiger partial charge on any atom is 0.267 e. The van der Waals surface area contributed by atoms with E-state index in [2.05, 4.69) is 10.3 Å². The highest BCUT2D eigenvalue weighted by Crippen LogP contribution is 2.15. The molecule has 0 radical (unpaired) electrons. The Kier molecular flexibility index (Phi) is 4.88. The first kappa shape index (κ1) is 15.7. The second-order valence-electron chi connectivity index (χ2n) is 4.85. The number of imidazole rings is 1. The van der Waals surface area contributed by atoms with E-state index < -0.39 is 5.91 Å². The van der Waals surface area contributed by atoms with E-state index >= 15 is 0 Å². The molecule has 0 aliphatic carbocycles. The van der Waals surface area contributed by atoms with Crippen LogP contribution in [0.2, 0.25) is 0 Å². The minimum absolute atomic E-state index is 0.149. The van der Waals surface area contributed by atoms with Crippen molar-refractivity contribution in [2.24, 2.45) is 5.73 Å². The van der Waals surface area contributed by atoms with E-state index in [0.717, 1.165) is 0 Å². The van der Waals surface area contributed by atoms with E-state index in [1.807, 2.05) is 6.92 Å². The van der Waals surface area contributed by atoms with Gasteiger partial charge in [-0.3, -0.25) is 14.9 Å². The summed E-state index contributed by atoms with van der Waals surface area (Å²) in [6.07, 6.45) is 2.33. The van der Waals surface area contributed by atoms with Crippen molar-refractivity contribution < 1.29 is 14.0 Å². The number of hydrogen-bond donors (Lipinski definition) is 2. The first-order chi connectivity index (χ1) is 10.5. The molecule has 116 valence electrons. The van der Waals surface area contributed by atoms with Gasteiger partial charge in [0.2, 0.25) is 11.9 Å². The van der Waals surface area contributed by atoms with E-state index in [9.17, 15) is 14.0 Å². The zero-order valence-corrected chi connectivity index (χ0v) is 12.2. The highest BCUT2D eigenvalue weighted by Gasteiger charge is 2.16. The minimum atomic E-state index is -0.667. The van der Waals surface area contributed by atoms with Crippen LogP contribution >= 0.6 is 0 Å². The Morgan fingerprint density at radius 3 is 2.82 bits per heavy atom. The maximum absolute atomic E-state index is 13.3. The molecule has 22 heavy (non-hydrogen) atoms. The lowest BCUT2D eigenvalue weighted by atomic mass is 10.2. The van der Waals surface area contributed by atoms with E-state index in [4.69, 9.17) is 5.73 Å². The van der Waals surface area contributed by atoms with Gasteiger partial charge in [-0.25, -0.2) is 9.37 Å². The van der Waals surface area contributed by atoms with E-state index in [-0.39, 0.29) is 29.9 Å². The fourth-order valence-corrected chi connectivity index (χ4v) is 2.06. The third kappa shape index (κ3) is 3.69. The number of carbonyl (C=O) groups is 2. The number of primary amides is 1. The van der Waals surface area contributed by atoms with Crippen LogP contribution in [0.5, 0.6) is 0 Å². The molecule has 2 amide bonds. The Morgan fingerprint density at radius 1 is 1.41 bits per heavy atom. The van der Waals surface area contributed by atoms with Crippen molar-refractivity contribution in [3.8, 4) is 0 Å². The van der Waals surface area contributed by atoms with Crippen molar-refractivity contribution in [3.05, 3.63) is 47.5 Å². The Balaban J connectivity index is 2.32. The molecule has 0 bridgehead atoms. The number of aromatic nitrogens is 2. The number of rotatable bonds is 6. The van der Waals surface area contributed by atoms with Crippen molar-refractivity contribution in [1.82, 2.24) is 9.55 Å². The van der Waals surface area contributed by atoms with Crippen LogP contribution in [0, 0.1) is 5.82 Å². The van der Waals surface area contributed by atoms with Crippen molar-refractivity contribution in [2.75, 3.05) is 5.32 Å². The number of hydrogen-bond acceptors (Lipinski definition) is 3. The van der Waals surface area contributed by atoms with Gasteiger partial charge in [-0.15, -0.1) is 0 Å². The Labute approximate surface area is 127 Å². The molecule has 0 spiro atoms. The molecule has 0 atom stereocenters. The molecule has 1 heterocycles. The number of nitrogens with zero attached hydrogens (tertiary/aromatic N) is 2. The fraction of sp³-hybridized carbons (Fsp3) is 0.267. The predicted octanol–water partition coefficient (Wildman–Crippen LogP) is 1.91. The molecule has 3 N–H and O–H groups in total. The van der Waals surface area contributed by atoms with Gasteiger partial charge in [0.1, 0.15) is 11.5 Å². The predicted molar refractivity (Wildman–Crippen MR) is 79.8 cm³/mol. The smallest absolute Gasteiger partial charge is 0.267 e. The third-order valence-electron chi connectivity index (χ3n) is 3.07. The molecule has 7 heteroatoms. The lowest BCUT2D eigenvalue weighted by Crippen LogP contribution is -2.21. The van der Waals surface area contributed by atoms with Crippen molar-refractivity contribution in [1.29, 1.82) is 0 Å². The number of amides is 2. The molecule has 0 unspecified atom stereocenters. The van der Waals surface area contributed by atoms with Gasteiger partial charge in [-0.2, -0.15) is 0 Å². The van der Waals surface area contributed by atoms with Crippen LogP contribution in [0.15, 0.2) is 30.5 Å². The summed E-state index contributed by atoms with van der Waals surface area (Å²) >= 11 is 0. The van der Waals surface area contributed by atoms with Gasteiger partial charge in [0, 0.05) is 6.42 Å².